The van der Waals surface area contributed by atoms with Crippen LogP contribution in [0.5, 0.6) is 0 Å². The molecule has 2 aromatic rings. The van der Waals surface area contributed by atoms with E-state index in [1.165, 1.54) is 9.91 Å². The maximum atomic E-state index is 14.7. The first-order valence-electron chi connectivity index (χ1n) is 17.2. The number of aliphatic hydroxyl groups is 1. The molecule has 2 fully saturated rings. The number of carbonyl (C=O) groups excluding carboxylic acids is 3. The summed E-state index contributed by atoms with van der Waals surface area (Å²) < 4.78 is 6.28. The number of allylic oxidation sites excluding steroid dienone is 1. The molecular formula is C35H52N8O5S. The van der Waals surface area contributed by atoms with E-state index in [4.69, 9.17) is 21.7 Å². The summed E-state index contributed by atoms with van der Waals surface area (Å²) in [6, 6.07) is 5.27. The Morgan fingerprint density at radius 3 is 2.55 bits per heavy atom. The van der Waals surface area contributed by atoms with Gasteiger partial charge in [-0.15, -0.1) is 11.3 Å². The molecule has 14 heteroatoms. The Bertz CT molecular complexity index is 1460. The molecule has 7 N–H and O–H groups in total. The van der Waals surface area contributed by atoms with Gasteiger partial charge in [0, 0.05) is 25.4 Å². The Labute approximate surface area is 292 Å². The lowest BCUT2D eigenvalue weighted by molar-refractivity contribution is -0.170. The summed E-state index contributed by atoms with van der Waals surface area (Å²) in [6.07, 6.45) is 7.51. The molecule has 0 radical (unpaired) electrons. The summed E-state index contributed by atoms with van der Waals surface area (Å²) >= 11 is 1.58. The summed E-state index contributed by atoms with van der Waals surface area (Å²) in [4.78, 5) is 46.7. The monoisotopic (exact) mass is 696 g/mol. The predicted molar refractivity (Wildman–Crippen MR) is 188 cm³/mol. The number of ether oxygens (including phenoxy) is 1. The smallest absolute Gasteiger partial charge is 0.248 e. The van der Waals surface area contributed by atoms with Crippen LogP contribution in [0.1, 0.15) is 89.4 Å². The van der Waals surface area contributed by atoms with E-state index in [9.17, 15) is 19.5 Å². The van der Waals surface area contributed by atoms with E-state index in [0.717, 1.165) is 53.8 Å². The lowest BCUT2D eigenvalue weighted by Gasteiger charge is -2.45. The van der Waals surface area contributed by atoms with Crippen molar-refractivity contribution in [1.82, 2.24) is 20.2 Å². The zero-order valence-corrected chi connectivity index (χ0v) is 29.8. The largest absolute Gasteiger partial charge is 0.391 e. The molecular weight excluding hydrogens is 645 g/mol. The van der Waals surface area contributed by atoms with Gasteiger partial charge in [0.1, 0.15) is 12.1 Å². The number of nitrogens with two attached hydrogens (primary N) is 2. The Hall–Kier alpha value is -3.72. The molecule has 4 rings (SSSR count). The molecule has 0 bridgehead atoms. The summed E-state index contributed by atoms with van der Waals surface area (Å²) in [5, 5.41) is 19.1. The third kappa shape index (κ3) is 9.50. The van der Waals surface area contributed by atoms with Crippen LogP contribution in [0.4, 0.5) is 0 Å². The Balaban J connectivity index is 1.56. The lowest BCUT2D eigenvalue weighted by Crippen LogP contribution is -2.60. The molecule has 1 aromatic carbocycles. The number of hydrogen-bond donors (Lipinski definition) is 5. The Morgan fingerprint density at radius 1 is 1.27 bits per heavy atom. The number of nitrogens with zero attached hydrogens (tertiary/aromatic N) is 4. The summed E-state index contributed by atoms with van der Waals surface area (Å²) in [7, 11) is 0. The van der Waals surface area contributed by atoms with Gasteiger partial charge in [0.05, 0.1) is 34.8 Å². The fourth-order valence-corrected chi connectivity index (χ4v) is 7.76. The number of aliphatic hydroxyl groups excluding tert-OH is 1. The highest BCUT2D eigenvalue weighted by atomic mass is 32.1. The molecule has 268 valence electrons. The molecule has 0 spiro atoms. The van der Waals surface area contributed by atoms with E-state index in [2.05, 4.69) is 15.5 Å². The molecule has 1 aliphatic carbocycles. The first-order chi connectivity index (χ1) is 23.4. The number of primary amides is 1. The van der Waals surface area contributed by atoms with Crippen molar-refractivity contribution in [2.75, 3.05) is 13.2 Å². The van der Waals surface area contributed by atoms with Gasteiger partial charge >= 0.3 is 0 Å². The number of hydrogen-bond acceptors (Lipinski definition) is 10. The minimum Gasteiger partial charge on any atom is -0.391 e. The average Bonchev–Trinajstić information content (AvgIpc) is 3.70. The highest BCUT2D eigenvalue weighted by Crippen LogP contribution is 2.36. The van der Waals surface area contributed by atoms with Crippen LogP contribution in [0.25, 0.3) is 10.4 Å². The molecule has 2 heterocycles. The highest BCUT2D eigenvalue weighted by Gasteiger charge is 2.49. The van der Waals surface area contributed by atoms with Gasteiger partial charge in [0.2, 0.25) is 17.7 Å². The Morgan fingerprint density at radius 2 is 1.96 bits per heavy atom. The Kier molecular flexibility index (Phi) is 13.4. The van der Waals surface area contributed by atoms with Crippen molar-refractivity contribution < 1.29 is 24.2 Å². The van der Waals surface area contributed by atoms with Crippen molar-refractivity contribution in [1.29, 1.82) is 5.53 Å². The fraction of sp³-hybridized carbons (Fsp3) is 0.600. The average molecular weight is 697 g/mol. The molecule has 3 amide bonds. The number of amides is 3. The molecule has 2 aliphatic rings. The minimum atomic E-state index is -1.34. The number of benzene rings is 1. The zero-order chi connectivity index (χ0) is 35.7. The van der Waals surface area contributed by atoms with E-state index in [1.807, 2.05) is 43.6 Å². The third-order valence-corrected chi connectivity index (χ3v) is 10.6. The maximum absolute atomic E-state index is 14.7. The van der Waals surface area contributed by atoms with Crippen molar-refractivity contribution in [3.8, 4) is 10.4 Å². The van der Waals surface area contributed by atoms with Gasteiger partial charge in [-0.2, -0.15) is 5.53 Å². The van der Waals surface area contributed by atoms with Crippen LogP contribution in [0.2, 0.25) is 0 Å². The number of thiazole rings is 1. The van der Waals surface area contributed by atoms with Gasteiger partial charge in [-0.05, 0) is 70.1 Å². The number of aryl methyl sites for hydroxylation is 1. The highest BCUT2D eigenvalue weighted by molar-refractivity contribution is 7.13. The zero-order valence-electron chi connectivity index (χ0n) is 29.0. The quantitative estimate of drug-likeness (QED) is 0.0738. The van der Waals surface area contributed by atoms with Crippen LogP contribution in [0.15, 0.2) is 47.2 Å². The van der Waals surface area contributed by atoms with Crippen LogP contribution in [-0.2, 0) is 19.1 Å². The van der Waals surface area contributed by atoms with Gasteiger partial charge < -0.3 is 31.5 Å². The van der Waals surface area contributed by atoms with Gasteiger partial charge in [0.25, 0.3) is 0 Å². The normalized spacial score (nSPS) is 21.6. The number of β-amino-alcohol motifs (C(OH)–C–C–N with tert-alkyl or cyclic N) is 1. The molecule has 6 atom stereocenters. The first kappa shape index (κ1) is 38.1. The van der Waals surface area contributed by atoms with Crippen LogP contribution >= 0.6 is 11.3 Å². The summed E-state index contributed by atoms with van der Waals surface area (Å²) in [5.74, 6) is -1.36. The molecule has 1 saturated carbocycles. The van der Waals surface area contributed by atoms with Crippen LogP contribution < -0.4 is 16.8 Å². The maximum Gasteiger partial charge on any atom is 0.248 e. The van der Waals surface area contributed by atoms with Gasteiger partial charge in [-0.3, -0.25) is 14.4 Å². The van der Waals surface area contributed by atoms with E-state index in [-0.39, 0.29) is 49.8 Å². The standard InChI is InChI=1S/C35H52N8O5S/c1-5-17-35(4,48-20-27(36)15-16-30(37)45)43(41-38)31(25-9-7-6-8-10-25)34(47)42-19-28(44)18-29(42)33(46)40-22(2)24-11-13-26(14-12-24)32-23(3)39-21-49-32/h5,11-14,17,21-22,25,27-29,31,38,44H,6-10,15-16,18-20,36H2,1-4H3,(H2,37,45)(H,40,46)/b17-5-,41-38?/t22-,27-,28+,29-,31-,35?/m0/s1. The van der Waals surface area contributed by atoms with Crippen LogP contribution in [0, 0.1) is 18.4 Å². The second-order valence-electron chi connectivity index (χ2n) is 13.4. The second-order valence-corrected chi connectivity index (χ2v) is 14.3. The van der Waals surface area contributed by atoms with Crippen molar-refractivity contribution in [2.45, 2.75) is 115 Å². The number of likely N-dealkylation sites (tertiary alicyclic amines) is 1. The van der Waals surface area contributed by atoms with Crippen LogP contribution in [-0.4, -0.2) is 80.8 Å². The van der Waals surface area contributed by atoms with E-state index < -0.39 is 35.9 Å². The summed E-state index contributed by atoms with van der Waals surface area (Å²) in [5.41, 5.74) is 23.2. The van der Waals surface area contributed by atoms with E-state index >= 15 is 0 Å². The van der Waals surface area contributed by atoms with Crippen molar-refractivity contribution >= 4 is 29.1 Å². The predicted octanol–water partition coefficient (Wildman–Crippen LogP) is 4.36. The lowest BCUT2D eigenvalue weighted by atomic mass is 9.82. The number of carbonyl (C=O) groups is 3. The second kappa shape index (κ2) is 17.3. The van der Waals surface area contributed by atoms with Crippen molar-refractivity contribution in [2.24, 2.45) is 22.6 Å². The van der Waals surface area contributed by atoms with Crippen molar-refractivity contribution in [3.05, 3.63) is 53.2 Å². The van der Waals surface area contributed by atoms with E-state index in [1.54, 1.807) is 37.3 Å². The molecule has 1 aromatic heterocycles. The minimum absolute atomic E-state index is 0.0115. The topological polar surface area (TPSA) is 200 Å². The molecule has 1 saturated heterocycles. The third-order valence-electron chi connectivity index (χ3n) is 9.64. The number of nitrogens with one attached hydrogen (secondary N) is 2. The van der Waals surface area contributed by atoms with Gasteiger partial charge in [-0.1, -0.05) is 54.8 Å². The van der Waals surface area contributed by atoms with E-state index in [0.29, 0.717) is 6.42 Å². The molecule has 1 unspecified atom stereocenters. The van der Waals surface area contributed by atoms with Crippen molar-refractivity contribution in [3.63, 3.8) is 0 Å². The molecule has 1 aliphatic heterocycles. The van der Waals surface area contributed by atoms with Gasteiger partial charge in [0.15, 0.2) is 5.72 Å². The summed E-state index contributed by atoms with van der Waals surface area (Å²) in [6.45, 7) is 7.41. The first-order valence-corrected chi connectivity index (χ1v) is 18.0. The number of aromatic nitrogens is 1. The number of rotatable bonds is 16. The van der Waals surface area contributed by atoms with Gasteiger partial charge in [-0.25, -0.2) is 9.99 Å². The fourth-order valence-electron chi connectivity index (χ4n) is 6.95. The molecule has 13 nitrogen and oxygen atoms in total. The SMILES string of the molecule is C/C=C\C(C)(OC[C@@H](N)CCC(N)=O)N(N=N)[C@H](C(=O)N1C[C@H](O)C[C@H]1C(=O)N[C@@H](C)c1ccc(-c2scnc2C)cc1)C1CCCCC1. The van der Waals surface area contributed by atoms with Crippen LogP contribution in [0.3, 0.4) is 0 Å². The molecule has 49 heavy (non-hydrogen) atoms.